The zero-order chi connectivity index (χ0) is 11.4. The number of hydrogen-bond donors (Lipinski definition) is 2. The number of nitrogens with one attached hydrogen (secondary N) is 1. The third-order valence-corrected chi connectivity index (χ3v) is 3.57. The maximum Gasteiger partial charge on any atom is 0.237 e. The summed E-state index contributed by atoms with van der Waals surface area (Å²) >= 11 is 7.28. The van der Waals surface area contributed by atoms with Gasteiger partial charge in [-0.15, -0.1) is 11.3 Å². The van der Waals surface area contributed by atoms with Gasteiger partial charge in [0.2, 0.25) is 5.91 Å². The normalized spacial score (nSPS) is 14.7. The van der Waals surface area contributed by atoms with Crippen LogP contribution in [-0.2, 0) is 4.79 Å². The van der Waals surface area contributed by atoms with E-state index in [-0.39, 0.29) is 11.9 Å². The summed E-state index contributed by atoms with van der Waals surface area (Å²) in [5.74, 6) is -0.116. The second kappa shape index (κ2) is 5.49. The van der Waals surface area contributed by atoms with Gasteiger partial charge in [0, 0.05) is 4.88 Å². The minimum atomic E-state index is -0.428. The number of carbonyl (C=O) groups is 1. The van der Waals surface area contributed by atoms with Crippen LogP contribution in [0.3, 0.4) is 0 Å². The highest BCUT2D eigenvalue weighted by Gasteiger charge is 2.15. The van der Waals surface area contributed by atoms with Gasteiger partial charge in [-0.2, -0.15) is 0 Å². The molecule has 1 aromatic rings. The van der Waals surface area contributed by atoms with Gasteiger partial charge in [-0.05, 0) is 25.5 Å². The third-order valence-electron chi connectivity index (χ3n) is 2.16. The molecule has 0 saturated carbocycles. The fraction of sp³-hybridized carbons (Fsp3) is 0.500. The molecule has 0 aliphatic heterocycles. The molecule has 5 heteroatoms. The Balaban J connectivity index is 2.56. The summed E-state index contributed by atoms with van der Waals surface area (Å²) in [6, 6.07) is 3.27. The second-order valence-corrected chi connectivity index (χ2v) is 5.13. The minimum absolute atomic E-state index is 0.0346. The van der Waals surface area contributed by atoms with Crippen molar-refractivity contribution < 1.29 is 4.79 Å². The fourth-order valence-corrected chi connectivity index (χ4v) is 2.20. The molecule has 0 spiro atoms. The molecular weight excluding hydrogens is 232 g/mol. The molecule has 2 atom stereocenters. The van der Waals surface area contributed by atoms with Crippen LogP contribution in [0, 0.1) is 0 Å². The van der Waals surface area contributed by atoms with Crippen molar-refractivity contribution in [3.63, 3.8) is 0 Å². The molecule has 0 radical (unpaired) electrons. The summed E-state index contributed by atoms with van der Waals surface area (Å²) in [6.45, 7) is 3.80. The van der Waals surface area contributed by atoms with Gasteiger partial charge in [0.25, 0.3) is 0 Å². The highest BCUT2D eigenvalue weighted by atomic mass is 35.5. The van der Waals surface area contributed by atoms with Gasteiger partial charge in [-0.25, -0.2) is 0 Å². The van der Waals surface area contributed by atoms with Crippen molar-refractivity contribution in [2.24, 2.45) is 5.73 Å². The molecule has 0 saturated heterocycles. The Bertz CT molecular complexity index is 340. The lowest BCUT2D eigenvalue weighted by molar-refractivity contribution is -0.123. The predicted octanol–water partition coefficient (Wildman–Crippen LogP) is 2.32. The molecule has 1 rings (SSSR count). The van der Waals surface area contributed by atoms with Crippen molar-refractivity contribution in [3.05, 3.63) is 21.3 Å². The lowest BCUT2D eigenvalue weighted by Gasteiger charge is -2.15. The first kappa shape index (κ1) is 12.5. The van der Waals surface area contributed by atoms with Gasteiger partial charge in [0.15, 0.2) is 0 Å². The van der Waals surface area contributed by atoms with Crippen LogP contribution < -0.4 is 11.1 Å². The highest BCUT2D eigenvalue weighted by Crippen LogP contribution is 2.26. The second-order valence-electron chi connectivity index (χ2n) is 3.39. The number of amides is 1. The van der Waals surface area contributed by atoms with Crippen molar-refractivity contribution in [2.75, 3.05) is 0 Å². The summed E-state index contributed by atoms with van der Waals surface area (Å²) in [5, 5.41) is 2.85. The van der Waals surface area contributed by atoms with Gasteiger partial charge in [0.1, 0.15) is 0 Å². The van der Waals surface area contributed by atoms with E-state index in [9.17, 15) is 4.79 Å². The molecule has 1 aromatic heterocycles. The van der Waals surface area contributed by atoms with Crippen LogP contribution in [-0.4, -0.2) is 11.9 Å². The van der Waals surface area contributed by atoms with Crippen LogP contribution in [0.25, 0.3) is 0 Å². The molecule has 1 heterocycles. The van der Waals surface area contributed by atoms with Gasteiger partial charge in [-0.1, -0.05) is 18.5 Å². The topological polar surface area (TPSA) is 55.1 Å². The van der Waals surface area contributed by atoms with E-state index in [2.05, 4.69) is 5.32 Å². The van der Waals surface area contributed by atoms with E-state index >= 15 is 0 Å². The number of halogens is 1. The van der Waals surface area contributed by atoms with Gasteiger partial charge in [0.05, 0.1) is 16.4 Å². The van der Waals surface area contributed by atoms with Gasteiger partial charge < -0.3 is 11.1 Å². The average Bonchev–Trinajstić information content (AvgIpc) is 2.63. The lowest BCUT2D eigenvalue weighted by atomic mass is 10.2. The summed E-state index contributed by atoms with van der Waals surface area (Å²) < 4.78 is 0.728. The van der Waals surface area contributed by atoms with E-state index in [4.69, 9.17) is 17.3 Å². The van der Waals surface area contributed by atoms with Crippen molar-refractivity contribution in [1.29, 1.82) is 0 Å². The van der Waals surface area contributed by atoms with Crippen LogP contribution in [0.2, 0.25) is 4.34 Å². The Morgan fingerprint density at radius 3 is 2.80 bits per heavy atom. The molecule has 0 aliphatic rings. The Morgan fingerprint density at radius 2 is 2.33 bits per heavy atom. The third kappa shape index (κ3) is 3.48. The Morgan fingerprint density at radius 1 is 1.67 bits per heavy atom. The first-order chi connectivity index (χ1) is 7.04. The maximum atomic E-state index is 11.5. The number of carbonyl (C=O) groups excluding carboxylic acids is 1. The summed E-state index contributed by atoms with van der Waals surface area (Å²) in [6.07, 6.45) is 0.643. The van der Waals surface area contributed by atoms with E-state index in [1.807, 2.05) is 26.0 Å². The number of rotatable bonds is 4. The minimum Gasteiger partial charge on any atom is -0.347 e. The van der Waals surface area contributed by atoms with E-state index in [1.165, 1.54) is 11.3 Å². The molecule has 0 fully saturated rings. The number of thiophene rings is 1. The monoisotopic (exact) mass is 246 g/mol. The summed E-state index contributed by atoms with van der Waals surface area (Å²) in [7, 11) is 0. The molecule has 84 valence electrons. The van der Waals surface area contributed by atoms with E-state index in [0.717, 1.165) is 9.21 Å². The highest BCUT2D eigenvalue weighted by molar-refractivity contribution is 7.16. The molecule has 3 nitrogen and oxygen atoms in total. The van der Waals surface area contributed by atoms with Crippen molar-refractivity contribution in [2.45, 2.75) is 32.4 Å². The van der Waals surface area contributed by atoms with Crippen LogP contribution in [0.1, 0.15) is 31.2 Å². The molecule has 1 unspecified atom stereocenters. The average molecular weight is 247 g/mol. The van der Waals surface area contributed by atoms with Crippen LogP contribution >= 0.6 is 22.9 Å². The van der Waals surface area contributed by atoms with Crippen LogP contribution in [0.4, 0.5) is 0 Å². The smallest absolute Gasteiger partial charge is 0.237 e. The van der Waals surface area contributed by atoms with Crippen molar-refractivity contribution in [3.8, 4) is 0 Å². The molecule has 1 amide bonds. The largest absolute Gasteiger partial charge is 0.347 e. The van der Waals surface area contributed by atoms with Crippen molar-refractivity contribution in [1.82, 2.24) is 5.32 Å². The SMILES string of the molecule is CC[C@H](N)C(=O)NC(C)c1ccc(Cl)s1. The Labute approximate surface area is 98.6 Å². The molecule has 0 aliphatic carbocycles. The van der Waals surface area contributed by atoms with Gasteiger partial charge in [-0.3, -0.25) is 4.79 Å². The molecular formula is C10H15ClN2OS. The zero-order valence-electron chi connectivity index (χ0n) is 8.79. The fourth-order valence-electron chi connectivity index (χ4n) is 1.14. The van der Waals surface area contributed by atoms with Crippen LogP contribution in [0.5, 0.6) is 0 Å². The maximum absolute atomic E-state index is 11.5. The summed E-state index contributed by atoms with van der Waals surface area (Å²) in [5.41, 5.74) is 5.61. The van der Waals surface area contributed by atoms with Crippen LogP contribution in [0.15, 0.2) is 12.1 Å². The molecule has 3 N–H and O–H groups in total. The van der Waals surface area contributed by atoms with E-state index in [0.29, 0.717) is 6.42 Å². The predicted molar refractivity (Wildman–Crippen MR) is 64.2 cm³/mol. The number of hydrogen-bond acceptors (Lipinski definition) is 3. The standard InChI is InChI=1S/C10H15ClN2OS/c1-3-7(12)10(14)13-6(2)8-4-5-9(11)15-8/h4-7H,3,12H2,1-2H3,(H,13,14)/t6?,7-/m0/s1. The molecule has 0 aromatic carbocycles. The van der Waals surface area contributed by atoms with E-state index in [1.54, 1.807) is 0 Å². The van der Waals surface area contributed by atoms with Gasteiger partial charge >= 0.3 is 0 Å². The zero-order valence-corrected chi connectivity index (χ0v) is 10.4. The van der Waals surface area contributed by atoms with Crippen molar-refractivity contribution >= 4 is 28.8 Å². The first-order valence-electron chi connectivity index (χ1n) is 4.85. The Hall–Kier alpha value is -0.580. The quantitative estimate of drug-likeness (QED) is 0.857. The number of nitrogens with two attached hydrogens (primary N) is 1. The first-order valence-corrected chi connectivity index (χ1v) is 6.05. The Kier molecular flexibility index (Phi) is 4.57. The van der Waals surface area contributed by atoms with E-state index < -0.39 is 6.04 Å². The molecule has 15 heavy (non-hydrogen) atoms. The lowest BCUT2D eigenvalue weighted by Crippen LogP contribution is -2.40. The molecule has 0 bridgehead atoms. The summed E-state index contributed by atoms with van der Waals surface area (Å²) in [4.78, 5) is 12.5.